The second-order valence-corrected chi connectivity index (χ2v) is 6.41. The molecule has 1 aromatic heterocycles. The molecule has 4 nitrogen and oxygen atoms in total. The van der Waals surface area contributed by atoms with Crippen molar-refractivity contribution in [3.63, 3.8) is 0 Å². The molecular formula is C20H19FN2O2. The number of carboxylic acid groups (broad SMARTS) is 1. The van der Waals surface area contributed by atoms with E-state index in [2.05, 4.69) is 21.8 Å². The fourth-order valence-electron chi connectivity index (χ4n) is 3.34. The number of rotatable bonds is 2. The molecule has 2 aromatic rings. The molecule has 1 aliphatic rings. The lowest BCUT2D eigenvalue weighted by atomic mass is 9.70. The molecule has 1 N–H and O–H groups in total. The average molecular weight is 338 g/mol. The number of alkyl halides is 1. The highest BCUT2D eigenvalue weighted by Crippen LogP contribution is 2.44. The molecule has 1 saturated carbocycles. The summed E-state index contributed by atoms with van der Waals surface area (Å²) in [5.41, 5.74) is 0.221. The lowest BCUT2D eigenvalue weighted by molar-refractivity contribution is -0.144. The summed E-state index contributed by atoms with van der Waals surface area (Å²) in [6, 6.07) is 9.26. The summed E-state index contributed by atoms with van der Waals surface area (Å²) in [5, 5.41) is 9.51. The van der Waals surface area contributed by atoms with Crippen LogP contribution < -0.4 is 0 Å². The number of aryl methyl sites for hydroxylation is 1. The van der Waals surface area contributed by atoms with E-state index in [-0.39, 0.29) is 19.3 Å². The van der Waals surface area contributed by atoms with Crippen molar-refractivity contribution in [3.8, 4) is 11.8 Å². The summed E-state index contributed by atoms with van der Waals surface area (Å²) in [6.07, 6.45) is 3.53. The van der Waals surface area contributed by atoms with Crippen molar-refractivity contribution in [1.29, 1.82) is 0 Å². The predicted molar refractivity (Wildman–Crippen MR) is 91.6 cm³/mol. The molecule has 1 unspecified atom stereocenters. The first-order valence-corrected chi connectivity index (χ1v) is 8.26. The molecule has 0 bridgehead atoms. The SMILES string of the molecule is Cc1nccnc1C#CC1(F)CC[C@@H](C(=O)O)[C@H](c2ccccc2)C1. The number of halogens is 1. The Hall–Kier alpha value is -2.74. The molecule has 1 fully saturated rings. The highest BCUT2D eigenvalue weighted by Gasteiger charge is 2.43. The standard InChI is InChI=1S/C20H19FN2O2/c1-14-18(23-12-11-22-14)8-10-20(21)9-7-16(19(24)25)17(13-20)15-5-3-2-4-6-15/h2-6,11-12,16-17H,7,9,13H2,1H3,(H,24,25)/t16-,17+,20?/m1/s1. The van der Waals surface area contributed by atoms with Gasteiger partial charge in [0, 0.05) is 24.7 Å². The summed E-state index contributed by atoms with van der Waals surface area (Å²) in [4.78, 5) is 19.8. The Bertz CT molecular complexity index is 828. The second-order valence-electron chi connectivity index (χ2n) is 6.41. The molecule has 0 radical (unpaired) electrons. The van der Waals surface area contributed by atoms with Crippen LogP contribution in [0.1, 0.15) is 42.1 Å². The maximum absolute atomic E-state index is 15.3. The van der Waals surface area contributed by atoms with Gasteiger partial charge >= 0.3 is 5.97 Å². The Morgan fingerprint density at radius 1 is 1.28 bits per heavy atom. The normalized spacial score (nSPS) is 25.7. The van der Waals surface area contributed by atoms with E-state index >= 15 is 4.39 Å². The summed E-state index contributed by atoms with van der Waals surface area (Å²) in [5.74, 6) is 3.63. The van der Waals surface area contributed by atoms with E-state index in [1.807, 2.05) is 30.3 Å². The van der Waals surface area contributed by atoms with Crippen molar-refractivity contribution in [2.24, 2.45) is 5.92 Å². The van der Waals surface area contributed by atoms with Crippen molar-refractivity contribution in [2.75, 3.05) is 0 Å². The molecular weight excluding hydrogens is 319 g/mol. The molecule has 3 rings (SSSR count). The first-order chi connectivity index (χ1) is 12.0. The van der Waals surface area contributed by atoms with E-state index in [0.717, 1.165) is 5.56 Å². The van der Waals surface area contributed by atoms with Crippen molar-refractivity contribution in [1.82, 2.24) is 9.97 Å². The number of nitrogens with zero attached hydrogens (tertiary/aromatic N) is 2. The van der Waals surface area contributed by atoms with Gasteiger partial charge in [0.15, 0.2) is 5.67 Å². The van der Waals surface area contributed by atoms with E-state index < -0.39 is 23.5 Å². The molecule has 0 spiro atoms. The quantitative estimate of drug-likeness (QED) is 0.851. The van der Waals surface area contributed by atoms with Gasteiger partial charge in [-0.25, -0.2) is 9.37 Å². The molecule has 25 heavy (non-hydrogen) atoms. The van der Waals surface area contributed by atoms with E-state index in [1.54, 1.807) is 13.1 Å². The van der Waals surface area contributed by atoms with Crippen LogP contribution >= 0.6 is 0 Å². The van der Waals surface area contributed by atoms with Crippen LogP contribution in [0.15, 0.2) is 42.7 Å². The highest BCUT2D eigenvalue weighted by atomic mass is 19.1. The smallest absolute Gasteiger partial charge is 0.307 e. The van der Waals surface area contributed by atoms with Gasteiger partial charge in [0.2, 0.25) is 0 Å². The second kappa shape index (κ2) is 7.02. The Balaban J connectivity index is 1.89. The van der Waals surface area contributed by atoms with E-state index in [1.165, 1.54) is 6.20 Å². The number of carbonyl (C=O) groups is 1. The van der Waals surface area contributed by atoms with Crippen LogP contribution in [0, 0.1) is 24.7 Å². The zero-order valence-corrected chi connectivity index (χ0v) is 13.9. The Labute approximate surface area is 146 Å². The molecule has 1 aromatic carbocycles. The number of aliphatic carboxylic acids is 1. The van der Waals surface area contributed by atoms with Gasteiger partial charge in [-0.05, 0) is 31.2 Å². The number of aromatic nitrogens is 2. The number of hydrogen-bond donors (Lipinski definition) is 1. The Morgan fingerprint density at radius 3 is 2.68 bits per heavy atom. The largest absolute Gasteiger partial charge is 0.481 e. The maximum atomic E-state index is 15.3. The number of benzene rings is 1. The van der Waals surface area contributed by atoms with Gasteiger partial charge in [-0.2, -0.15) is 0 Å². The fraction of sp³-hybridized carbons (Fsp3) is 0.350. The first kappa shape index (κ1) is 17.1. The van der Waals surface area contributed by atoms with Crippen LogP contribution in [0.3, 0.4) is 0 Å². The van der Waals surface area contributed by atoms with Crippen LogP contribution in [0.2, 0.25) is 0 Å². The summed E-state index contributed by atoms with van der Waals surface area (Å²) in [6.45, 7) is 1.77. The lowest BCUT2D eigenvalue weighted by Crippen LogP contribution is -2.37. The van der Waals surface area contributed by atoms with Gasteiger partial charge in [0.1, 0.15) is 5.69 Å². The van der Waals surface area contributed by atoms with E-state index in [4.69, 9.17) is 0 Å². The van der Waals surface area contributed by atoms with E-state index in [9.17, 15) is 9.90 Å². The molecule has 5 heteroatoms. The third kappa shape index (κ3) is 3.85. The van der Waals surface area contributed by atoms with Gasteiger partial charge in [0.05, 0.1) is 11.6 Å². The van der Waals surface area contributed by atoms with Crippen molar-refractivity contribution in [2.45, 2.75) is 37.8 Å². The van der Waals surface area contributed by atoms with Gasteiger partial charge in [-0.1, -0.05) is 36.3 Å². The third-order valence-electron chi connectivity index (χ3n) is 4.71. The number of carboxylic acids is 1. The van der Waals surface area contributed by atoms with Gasteiger partial charge < -0.3 is 5.11 Å². The molecule has 1 aliphatic carbocycles. The highest BCUT2D eigenvalue weighted by molar-refractivity contribution is 5.71. The zero-order valence-electron chi connectivity index (χ0n) is 13.9. The van der Waals surface area contributed by atoms with Gasteiger partial charge in [0.25, 0.3) is 0 Å². The van der Waals surface area contributed by atoms with Gasteiger partial charge in [-0.15, -0.1) is 0 Å². The van der Waals surface area contributed by atoms with Crippen molar-refractivity contribution >= 4 is 5.97 Å². The fourth-order valence-corrected chi connectivity index (χ4v) is 3.34. The number of hydrogen-bond acceptors (Lipinski definition) is 3. The summed E-state index contributed by atoms with van der Waals surface area (Å²) < 4.78 is 15.3. The van der Waals surface area contributed by atoms with Crippen LogP contribution in [0.5, 0.6) is 0 Å². The van der Waals surface area contributed by atoms with Crippen molar-refractivity contribution < 1.29 is 14.3 Å². The first-order valence-electron chi connectivity index (χ1n) is 8.26. The lowest BCUT2D eigenvalue weighted by Gasteiger charge is -2.35. The topological polar surface area (TPSA) is 63.1 Å². The molecule has 0 saturated heterocycles. The Kier molecular flexibility index (Phi) is 4.80. The van der Waals surface area contributed by atoms with E-state index in [0.29, 0.717) is 11.4 Å². The monoisotopic (exact) mass is 338 g/mol. The predicted octanol–water partition coefficient (Wildman–Crippen LogP) is 3.51. The van der Waals surface area contributed by atoms with Gasteiger partial charge in [-0.3, -0.25) is 9.78 Å². The minimum absolute atomic E-state index is 0.0697. The van der Waals surface area contributed by atoms with Crippen LogP contribution in [-0.2, 0) is 4.79 Å². The Morgan fingerprint density at radius 2 is 2.00 bits per heavy atom. The average Bonchev–Trinajstić information content (AvgIpc) is 2.61. The zero-order chi connectivity index (χ0) is 17.9. The molecule has 0 aliphatic heterocycles. The van der Waals surface area contributed by atoms with Crippen LogP contribution in [0.4, 0.5) is 4.39 Å². The molecule has 1 heterocycles. The minimum atomic E-state index is -1.73. The van der Waals surface area contributed by atoms with Crippen molar-refractivity contribution in [3.05, 3.63) is 59.7 Å². The summed E-state index contributed by atoms with van der Waals surface area (Å²) >= 11 is 0. The molecule has 128 valence electrons. The van der Waals surface area contributed by atoms with Crippen LogP contribution in [-0.4, -0.2) is 26.7 Å². The van der Waals surface area contributed by atoms with Crippen LogP contribution in [0.25, 0.3) is 0 Å². The summed E-state index contributed by atoms with van der Waals surface area (Å²) in [7, 11) is 0. The maximum Gasteiger partial charge on any atom is 0.307 e. The third-order valence-corrected chi connectivity index (χ3v) is 4.71. The minimum Gasteiger partial charge on any atom is -0.481 e. The molecule has 0 amide bonds. The molecule has 3 atom stereocenters.